The van der Waals surface area contributed by atoms with Crippen molar-refractivity contribution in [3.63, 3.8) is 0 Å². The molecule has 31 heavy (non-hydrogen) atoms. The largest absolute Gasteiger partial charge is 0.465 e. The summed E-state index contributed by atoms with van der Waals surface area (Å²) in [5.74, 6) is 3.94. The van der Waals surface area contributed by atoms with Gasteiger partial charge in [-0.25, -0.2) is 0 Å². The molecule has 0 saturated heterocycles. The number of rotatable bonds is 9. The van der Waals surface area contributed by atoms with Gasteiger partial charge in [-0.2, -0.15) is 0 Å². The zero-order valence-corrected chi connectivity index (χ0v) is 20.6. The molecule has 3 aliphatic carbocycles. The highest BCUT2D eigenvalue weighted by Crippen LogP contribution is 2.47. The van der Waals surface area contributed by atoms with Crippen molar-refractivity contribution >= 4 is 11.8 Å². The molecule has 3 fully saturated rings. The SMILES string of the molecule is CCCCC[C@H]1CC[C@H](C2CCC(C3CC[C@](C)(C(=O)OCCC)C(=O)C3)CC2)CC1. The van der Waals surface area contributed by atoms with Crippen molar-refractivity contribution < 1.29 is 14.3 Å². The first kappa shape index (κ1) is 24.8. The maximum atomic E-state index is 12.9. The highest BCUT2D eigenvalue weighted by Gasteiger charge is 2.47. The molecule has 178 valence electrons. The van der Waals surface area contributed by atoms with Crippen LogP contribution in [0.3, 0.4) is 0 Å². The lowest BCUT2D eigenvalue weighted by molar-refractivity contribution is -0.162. The maximum Gasteiger partial charge on any atom is 0.319 e. The fraction of sp³-hybridized carbons (Fsp3) is 0.929. The Hall–Kier alpha value is -0.860. The van der Waals surface area contributed by atoms with Crippen molar-refractivity contribution in [2.45, 2.75) is 124 Å². The zero-order valence-electron chi connectivity index (χ0n) is 20.6. The minimum Gasteiger partial charge on any atom is -0.465 e. The van der Waals surface area contributed by atoms with E-state index >= 15 is 0 Å². The highest BCUT2D eigenvalue weighted by molar-refractivity contribution is 6.04. The topological polar surface area (TPSA) is 43.4 Å². The molecule has 0 amide bonds. The third-order valence-corrected chi connectivity index (χ3v) is 9.22. The third kappa shape index (κ3) is 6.35. The third-order valence-electron chi connectivity index (χ3n) is 9.22. The van der Waals surface area contributed by atoms with E-state index < -0.39 is 5.41 Å². The Morgan fingerprint density at radius 1 is 0.839 bits per heavy atom. The lowest BCUT2D eigenvalue weighted by Crippen LogP contribution is -2.44. The monoisotopic (exact) mass is 432 g/mol. The second-order valence-electron chi connectivity index (χ2n) is 11.3. The molecule has 3 saturated carbocycles. The molecule has 1 unspecified atom stereocenters. The Balaban J connectivity index is 1.40. The van der Waals surface area contributed by atoms with Crippen LogP contribution in [-0.2, 0) is 14.3 Å². The van der Waals surface area contributed by atoms with Gasteiger partial charge < -0.3 is 4.74 Å². The van der Waals surface area contributed by atoms with Crippen molar-refractivity contribution in [3.8, 4) is 0 Å². The normalized spacial score (nSPS) is 36.9. The van der Waals surface area contributed by atoms with Crippen LogP contribution in [0.25, 0.3) is 0 Å². The standard InChI is InChI=1S/C28H48O3/c1-4-6-7-8-21-9-11-22(12-10-21)23-13-15-24(16-14-23)25-17-18-28(3,26(29)20-25)27(30)31-19-5-2/h21-25H,4-20H2,1-3H3/t21-,22-,23?,24?,25?,28-/m0/s1. The molecule has 0 radical (unpaired) electrons. The van der Waals surface area contributed by atoms with E-state index in [1.165, 1.54) is 77.0 Å². The van der Waals surface area contributed by atoms with E-state index in [1.54, 1.807) is 0 Å². The van der Waals surface area contributed by atoms with E-state index in [2.05, 4.69) is 6.92 Å². The molecule has 2 atom stereocenters. The fourth-order valence-corrected chi connectivity index (χ4v) is 6.87. The number of Topliss-reactive ketones (excluding diaryl/α,β-unsaturated/α-hetero) is 1. The molecule has 0 aromatic carbocycles. The number of unbranched alkanes of at least 4 members (excludes halogenated alkanes) is 2. The number of esters is 1. The summed E-state index contributed by atoms with van der Waals surface area (Å²) in [6.07, 6.45) is 20.0. The molecule has 0 aromatic rings. The summed E-state index contributed by atoms with van der Waals surface area (Å²) < 4.78 is 5.34. The Kier molecular flexibility index (Phi) is 9.47. The number of hydrogen-bond acceptors (Lipinski definition) is 3. The summed E-state index contributed by atoms with van der Waals surface area (Å²) in [4.78, 5) is 25.4. The second kappa shape index (κ2) is 11.8. The second-order valence-corrected chi connectivity index (χ2v) is 11.3. The predicted molar refractivity (Wildman–Crippen MR) is 127 cm³/mol. The predicted octanol–water partition coefficient (Wildman–Crippen LogP) is 7.51. The Labute approximate surface area is 191 Å². The summed E-state index contributed by atoms with van der Waals surface area (Å²) in [6.45, 7) is 6.54. The van der Waals surface area contributed by atoms with Crippen molar-refractivity contribution in [2.24, 2.45) is 35.0 Å². The van der Waals surface area contributed by atoms with Gasteiger partial charge in [0.05, 0.1) is 6.61 Å². The van der Waals surface area contributed by atoms with Crippen LogP contribution in [0.2, 0.25) is 0 Å². The number of ether oxygens (including phenoxy) is 1. The van der Waals surface area contributed by atoms with E-state index in [0.717, 1.165) is 30.6 Å². The summed E-state index contributed by atoms with van der Waals surface area (Å²) >= 11 is 0. The lowest BCUT2D eigenvalue weighted by Gasteiger charge is -2.42. The molecule has 0 bridgehead atoms. The van der Waals surface area contributed by atoms with Gasteiger partial charge in [-0.15, -0.1) is 0 Å². The molecule has 0 aliphatic heterocycles. The average molecular weight is 433 g/mol. The number of carbonyl (C=O) groups excluding carboxylic acids is 2. The van der Waals surface area contributed by atoms with Gasteiger partial charge in [0.1, 0.15) is 11.2 Å². The van der Waals surface area contributed by atoms with Crippen LogP contribution < -0.4 is 0 Å². The molecular formula is C28H48O3. The van der Waals surface area contributed by atoms with Gasteiger partial charge in [0.25, 0.3) is 0 Å². The summed E-state index contributed by atoms with van der Waals surface area (Å²) in [7, 11) is 0. The minimum atomic E-state index is -0.890. The Morgan fingerprint density at radius 2 is 1.42 bits per heavy atom. The first-order valence-corrected chi connectivity index (χ1v) is 13.7. The number of carbonyl (C=O) groups is 2. The Morgan fingerprint density at radius 3 is 1.97 bits per heavy atom. The summed E-state index contributed by atoms with van der Waals surface area (Å²) in [5, 5.41) is 0. The minimum absolute atomic E-state index is 0.133. The fourth-order valence-electron chi connectivity index (χ4n) is 6.87. The van der Waals surface area contributed by atoms with Crippen LogP contribution in [0.15, 0.2) is 0 Å². The molecule has 0 N–H and O–H groups in total. The van der Waals surface area contributed by atoms with Crippen molar-refractivity contribution in [3.05, 3.63) is 0 Å². The van der Waals surface area contributed by atoms with Crippen LogP contribution in [0.1, 0.15) is 124 Å². The maximum absolute atomic E-state index is 12.9. The molecule has 3 heteroatoms. The van der Waals surface area contributed by atoms with Gasteiger partial charge in [0.15, 0.2) is 0 Å². The molecule has 3 rings (SSSR count). The van der Waals surface area contributed by atoms with E-state index in [9.17, 15) is 9.59 Å². The average Bonchev–Trinajstić information content (AvgIpc) is 2.80. The van der Waals surface area contributed by atoms with E-state index in [-0.39, 0.29) is 11.8 Å². The highest BCUT2D eigenvalue weighted by atomic mass is 16.5. The first-order valence-electron chi connectivity index (χ1n) is 13.7. The van der Waals surface area contributed by atoms with Crippen LogP contribution in [0.5, 0.6) is 0 Å². The number of ketones is 1. The summed E-state index contributed by atoms with van der Waals surface area (Å²) in [6, 6.07) is 0. The van der Waals surface area contributed by atoms with E-state index in [1.807, 2.05) is 13.8 Å². The first-order chi connectivity index (χ1) is 15.0. The zero-order chi connectivity index (χ0) is 22.3. The lowest BCUT2D eigenvalue weighted by atomic mass is 9.62. The van der Waals surface area contributed by atoms with Gasteiger partial charge in [0, 0.05) is 6.42 Å². The van der Waals surface area contributed by atoms with Gasteiger partial charge >= 0.3 is 5.97 Å². The quantitative estimate of drug-likeness (QED) is 0.215. The van der Waals surface area contributed by atoms with Crippen molar-refractivity contribution in [1.82, 2.24) is 0 Å². The van der Waals surface area contributed by atoms with Crippen molar-refractivity contribution in [2.75, 3.05) is 6.61 Å². The molecule has 0 aromatic heterocycles. The van der Waals surface area contributed by atoms with Crippen LogP contribution in [0, 0.1) is 35.0 Å². The molecule has 3 nitrogen and oxygen atoms in total. The summed E-state index contributed by atoms with van der Waals surface area (Å²) in [5.41, 5.74) is -0.890. The number of hydrogen-bond donors (Lipinski definition) is 0. The van der Waals surface area contributed by atoms with Crippen molar-refractivity contribution in [1.29, 1.82) is 0 Å². The van der Waals surface area contributed by atoms with Crippen LogP contribution in [0.4, 0.5) is 0 Å². The van der Waals surface area contributed by atoms with Gasteiger partial charge in [0.2, 0.25) is 0 Å². The van der Waals surface area contributed by atoms with Crippen LogP contribution in [-0.4, -0.2) is 18.4 Å². The molecule has 0 spiro atoms. The van der Waals surface area contributed by atoms with Gasteiger partial charge in [-0.3, -0.25) is 9.59 Å². The Bertz CT molecular complexity index is 569. The van der Waals surface area contributed by atoms with E-state index in [4.69, 9.17) is 4.74 Å². The van der Waals surface area contributed by atoms with Gasteiger partial charge in [-0.05, 0) is 94.3 Å². The smallest absolute Gasteiger partial charge is 0.319 e. The molecular weight excluding hydrogens is 384 g/mol. The molecule has 0 heterocycles. The molecule has 3 aliphatic rings. The van der Waals surface area contributed by atoms with Crippen LogP contribution >= 0.6 is 0 Å². The van der Waals surface area contributed by atoms with Gasteiger partial charge in [-0.1, -0.05) is 52.4 Å². The van der Waals surface area contributed by atoms with E-state index in [0.29, 0.717) is 31.3 Å².